The smallest absolute Gasteiger partial charge is 0.234 e. The minimum absolute atomic E-state index is 0.113. The first kappa shape index (κ1) is 83.3. The molecule has 1 amide bonds. The van der Waals surface area contributed by atoms with Gasteiger partial charge in [0, 0.05) is 191 Å². The molecule has 4 aliphatic heterocycles. The highest BCUT2D eigenvalue weighted by Crippen LogP contribution is 2.40. The van der Waals surface area contributed by atoms with Crippen molar-refractivity contribution >= 4 is 90.2 Å². The van der Waals surface area contributed by atoms with Crippen molar-refractivity contribution < 1.29 is 47.1 Å². The van der Waals surface area contributed by atoms with Gasteiger partial charge in [-0.2, -0.15) is 9.65 Å². The van der Waals surface area contributed by atoms with Gasteiger partial charge in [-0.15, -0.1) is 10.2 Å². The monoisotopic (exact) mass is 1670 g/mol. The van der Waals surface area contributed by atoms with E-state index in [1.807, 2.05) is 19.1 Å². The maximum absolute atomic E-state index is 12.9. The minimum atomic E-state index is -0.572. The number of rotatable bonds is 20. The molecule has 4 saturated heterocycles. The zero-order chi connectivity index (χ0) is 83.5. The van der Waals surface area contributed by atoms with Crippen LogP contribution in [0, 0.1) is 30.1 Å². The quantitative estimate of drug-likeness (QED) is 0.0550. The van der Waals surface area contributed by atoms with Gasteiger partial charge < -0.3 is 78.8 Å². The van der Waals surface area contributed by atoms with Crippen LogP contribution < -0.4 is 59.8 Å². The normalized spacial score (nSPS) is 22.4. The molecule has 5 saturated carbocycles. The second-order valence-corrected chi connectivity index (χ2v) is 32.6. The van der Waals surface area contributed by atoms with Gasteiger partial charge in [0.15, 0.2) is 0 Å². The predicted molar refractivity (Wildman–Crippen MR) is 464 cm³/mol. The summed E-state index contributed by atoms with van der Waals surface area (Å²) in [4.78, 5) is 74.2. The summed E-state index contributed by atoms with van der Waals surface area (Å²) in [7, 11) is 0. The number of hydrogen-bond donors (Lipinski definition) is 4. The van der Waals surface area contributed by atoms with E-state index in [-0.39, 0.29) is 48.1 Å². The molecule has 0 spiro atoms. The summed E-state index contributed by atoms with van der Waals surface area (Å²) < 4.78 is 60.8. The molecular formula is C90H106FN23O9. The standard InChI is InChI=1S/C23H25N7O2.C23H28N6O2.C22H25FN6O2.C22H28N4O3/c24-15-22-26-6-5-21(29-22)28-16-1-3-18(4-2-16)32-20-14-17(30-9-11-31-12-10-30)13-19-23(20)27-8-7-25-19;1-16-24-7-6-22(27-16)28-17-2-4-19(5-3-17)31-21-15-18(29-10-12-30-13-11-29)14-20-23(21)26-9-8-25-20;23-20-5-6-21(28-27-20)26-15-1-3-17(4-2-15)31-19-14-16(29-9-11-30-12-10-29)13-18-22(19)25-8-7-24-18;27-22(15-1-2-15)25-16-3-5-18(6-4-16)29-20-14-17(26-9-11-28-12-10-26)13-19-21(20)24-8-7-23-19/h5-8,13-14,16,18H,1-4,9-12H2,(H,26,28,29);6-9,14-15,17,19H,2-5,10-13H2,1H3,(H,24,27,28);5-8,13-15,17H,1-4,9-12H2,(H,26,28);7-8,13-16,18H,1-6,9-12H2,(H,25,27). The molecule has 642 valence electrons. The van der Waals surface area contributed by atoms with Crippen LogP contribution in [0.2, 0.25) is 0 Å². The van der Waals surface area contributed by atoms with E-state index in [0.717, 1.165) is 322 Å². The fourth-order valence-electron chi connectivity index (χ4n) is 17.2. The van der Waals surface area contributed by atoms with Crippen molar-refractivity contribution in [3.05, 3.63) is 152 Å². The molecule has 20 rings (SSSR count). The lowest BCUT2D eigenvalue weighted by atomic mass is 9.92. The maximum atomic E-state index is 12.9. The lowest BCUT2D eigenvalue weighted by Crippen LogP contribution is -2.40. The van der Waals surface area contributed by atoms with Gasteiger partial charge in [0.2, 0.25) is 17.7 Å². The third kappa shape index (κ3) is 22.5. The molecule has 0 radical (unpaired) electrons. The number of halogens is 1. The van der Waals surface area contributed by atoms with E-state index in [2.05, 4.69) is 159 Å². The number of ether oxygens (including phenoxy) is 8. The zero-order valence-electron chi connectivity index (χ0n) is 69.5. The van der Waals surface area contributed by atoms with Crippen LogP contribution in [-0.4, -0.2) is 230 Å². The Hall–Kier alpha value is -12.0. The molecule has 32 nitrogen and oxygen atoms in total. The third-order valence-electron chi connectivity index (χ3n) is 24.0. The number of amides is 1. The van der Waals surface area contributed by atoms with E-state index in [0.29, 0.717) is 29.8 Å². The highest BCUT2D eigenvalue weighted by molar-refractivity contribution is 5.88. The number of aromatic nitrogens is 14. The van der Waals surface area contributed by atoms with Crippen molar-refractivity contribution in [2.45, 2.75) is 171 Å². The fourth-order valence-corrected chi connectivity index (χ4v) is 17.2. The molecule has 9 fully saturated rings. The number of nitriles is 1. The molecule has 11 heterocycles. The van der Waals surface area contributed by atoms with Gasteiger partial charge in [-0.3, -0.25) is 24.7 Å². The van der Waals surface area contributed by atoms with E-state index in [1.54, 1.807) is 74.1 Å². The topological polar surface area (TPSA) is 356 Å². The molecule has 7 aromatic heterocycles. The summed E-state index contributed by atoms with van der Waals surface area (Å²) in [5.74, 6) is 6.33. The first-order chi connectivity index (χ1) is 60.5. The number of fused-ring (bicyclic) bond motifs is 4. The van der Waals surface area contributed by atoms with Crippen LogP contribution in [0.1, 0.15) is 127 Å². The largest absolute Gasteiger partial charge is 0.488 e. The fraction of sp³-hybridized carbons (Fsp3) is 0.489. The Morgan fingerprint density at radius 3 is 1.02 bits per heavy atom. The number of aryl methyl sites for hydroxylation is 1. The van der Waals surface area contributed by atoms with Gasteiger partial charge in [-0.25, -0.2) is 39.9 Å². The van der Waals surface area contributed by atoms with Crippen molar-refractivity contribution in [2.24, 2.45) is 5.92 Å². The Morgan fingerprint density at radius 2 is 0.699 bits per heavy atom. The molecule has 4 N–H and O–H groups in total. The SMILES string of the molecule is Cc1nccc(NC2CCC(Oc3cc(N4CCOCC4)cc4nccnc34)CC2)n1.Fc1ccc(NC2CCC(Oc3cc(N4CCOCC4)cc4nccnc34)CC2)nn1.N#Cc1nccc(NC2CCC(Oc3cc(N4CCOCC4)cc4nccnc34)CC2)n1.O=C(NC1CCC(Oc2cc(N3CCOCC3)cc3nccnc23)CC1)C1CC1. The van der Waals surface area contributed by atoms with Crippen molar-refractivity contribution in [1.29, 1.82) is 5.26 Å². The van der Waals surface area contributed by atoms with Crippen LogP contribution in [0.25, 0.3) is 44.1 Å². The van der Waals surface area contributed by atoms with Crippen molar-refractivity contribution in [1.82, 2.24) is 75.3 Å². The Kier molecular flexibility index (Phi) is 27.6. The van der Waals surface area contributed by atoms with E-state index in [9.17, 15) is 9.18 Å². The first-order valence-electron chi connectivity index (χ1n) is 43.6. The van der Waals surface area contributed by atoms with E-state index in [4.69, 9.17) is 43.2 Å². The summed E-state index contributed by atoms with van der Waals surface area (Å²) in [6, 6.07) is 26.7. The molecule has 0 atom stereocenters. The summed E-state index contributed by atoms with van der Waals surface area (Å²) in [6.45, 7) is 14.7. The molecule has 0 bridgehead atoms. The van der Waals surface area contributed by atoms with Crippen LogP contribution in [0.4, 0.5) is 44.6 Å². The Balaban J connectivity index is 0.000000116. The Labute approximate surface area is 713 Å². The molecule has 11 aromatic rings. The molecule has 5 aliphatic carbocycles. The number of morpholine rings is 4. The van der Waals surface area contributed by atoms with Crippen LogP contribution >= 0.6 is 0 Å². The third-order valence-corrected chi connectivity index (χ3v) is 24.0. The molecule has 9 aliphatic rings. The van der Waals surface area contributed by atoms with Gasteiger partial charge in [0.1, 0.15) is 74.4 Å². The summed E-state index contributed by atoms with van der Waals surface area (Å²) in [5.41, 5.74) is 11.1. The van der Waals surface area contributed by atoms with Crippen LogP contribution in [0.5, 0.6) is 23.0 Å². The van der Waals surface area contributed by atoms with Gasteiger partial charge in [-0.05, 0) is 171 Å². The number of nitrogens with zero attached hydrogens (tertiary/aromatic N) is 19. The maximum Gasteiger partial charge on any atom is 0.234 e. The minimum Gasteiger partial charge on any atom is -0.488 e. The number of benzene rings is 4. The molecular weight excluding hydrogens is 1570 g/mol. The summed E-state index contributed by atoms with van der Waals surface area (Å²) in [6.07, 6.45) is 35.2. The van der Waals surface area contributed by atoms with E-state index >= 15 is 0 Å². The molecule has 4 aromatic carbocycles. The number of anilines is 7. The van der Waals surface area contributed by atoms with Crippen LogP contribution in [-0.2, 0) is 23.7 Å². The zero-order valence-corrected chi connectivity index (χ0v) is 69.5. The predicted octanol–water partition coefficient (Wildman–Crippen LogP) is 12.2. The van der Waals surface area contributed by atoms with E-state index < -0.39 is 5.95 Å². The van der Waals surface area contributed by atoms with Crippen molar-refractivity contribution in [2.75, 3.05) is 141 Å². The first-order valence-corrected chi connectivity index (χ1v) is 43.6. The van der Waals surface area contributed by atoms with Crippen LogP contribution in [0.3, 0.4) is 0 Å². The second-order valence-electron chi connectivity index (χ2n) is 32.6. The summed E-state index contributed by atoms with van der Waals surface area (Å²) in [5, 5.41) is 29.8. The number of carbonyl (C=O) groups excluding carboxylic acids is 1. The lowest BCUT2D eigenvalue weighted by Gasteiger charge is -2.31. The second kappa shape index (κ2) is 40.8. The molecule has 33 heteroatoms. The van der Waals surface area contributed by atoms with Crippen LogP contribution in [0.15, 0.2) is 135 Å². The van der Waals surface area contributed by atoms with Gasteiger partial charge in [-0.1, -0.05) is 0 Å². The number of carbonyl (C=O) groups is 1. The van der Waals surface area contributed by atoms with E-state index in [1.165, 1.54) is 6.07 Å². The average molecular weight is 1670 g/mol. The number of hydrogen-bond acceptors (Lipinski definition) is 31. The average Bonchev–Trinajstić information content (AvgIpc) is 1.58. The van der Waals surface area contributed by atoms with Crippen molar-refractivity contribution in [3.63, 3.8) is 0 Å². The van der Waals surface area contributed by atoms with Gasteiger partial charge in [0.25, 0.3) is 0 Å². The van der Waals surface area contributed by atoms with Gasteiger partial charge >= 0.3 is 0 Å². The number of nitrogens with one attached hydrogen (secondary N) is 4. The molecule has 0 unspecified atom stereocenters. The van der Waals surface area contributed by atoms with Gasteiger partial charge in [0.05, 0.1) is 99.3 Å². The lowest BCUT2D eigenvalue weighted by molar-refractivity contribution is -0.123. The summed E-state index contributed by atoms with van der Waals surface area (Å²) >= 11 is 0. The van der Waals surface area contributed by atoms with Crippen molar-refractivity contribution in [3.8, 4) is 29.1 Å². The highest BCUT2D eigenvalue weighted by Gasteiger charge is 2.34. The Bertz CT molecular complexity index is 5360. The highest BCUT2D eigenvalue weighted by atomic mass is 19.1. The Morgan fingerprint density at radius 1 is 0.374 bits per heavy atom. The molecule has 123 heavy (non-hydrogen) atoms.